The van der Waals surface area contributed by atoms with E-state index in [1.54, 1.807) is 24.4 Å². The second-order valence-electron chi connectivity index (χ2n) is 5.41. The lowest BCUT2D eigenvalue weighted by atomic mass is 10.1. The zero-order valence-electron chi connectivity index (χ0n) is 13.5. The lowest BCUT2D eigenvalue weighted by molar-refractivity contribution is -0.136. The van der Waals surface area contributed by atoms with E-state index in [0.29, 0.717) is 10.7 Å². The monoisotopic (exact) mass is 346 g/mol. The molecule has 126 valence electrons. The highest BCUT2D eigenvalue weighted by Gasteiger charge is 2.20. The number of anilines is 1. The summed E-state index contributed by atoms with van der Waals surface area (Å²) >= 11 is 6.22. The number of nitrogens with zero attached hydrogens (tertiary/aromatic N) is 2. The summed E-state index contributed by atoms with van der Waals surface area (Å²) in [7, 11) is 3.77. The Hall–Kier alpha value is -2.44. The van der Waals surface area contributed by atoms with Gasteiger partial charge in [0.2, 0.25) is 0 Å². The number of amides is 2. The van der Waals surface area contributed by atoms with Gasteiger partial charge in [0.25, 0.3) is 0 Å². The van der Waals surface area contributed by atoms with E-state index >= 15 is 0 Å². The van der Waals surface area contributed by atoms with Crippen LogP contribution in [-0.2, 0) is 9.59 Å². The summed E-state index contributed by atoms with van der Waals surface area (Å²) in [5.41, 5.74) is 1.35. The number of aromatic nitrogens is 1. The number of hydrogen-bond acceptors (Lipinski definition) is 4. The molecular formula is C17H19ClN4O2. The van der Waals surface area contributed by atoms with Gasteiger partial charge in [-0.05, 0) is 37.9 Å². The Morgan fingerprint density at radius 2 is 1.92 bits per heavy atom. The molecule has 0 aliphatic carbocycles. The zero-order chi connectivity index (χ0) is 17.5. The summed E-state index contributed by atoms with van der Waals surface area (Å²) in [6.07, 6.45) is 3.05. The van der Waals surface area contributed by atoms with Gasteiger partial charge in [-0.2, -0.15) is 0 Å². The quantitative estimate of drug-likeness (QED) is 0.813. The van der Waals surface area contributed by atoms with Crippen LogP contribution in [0.15, 0.2) is 48.8 Å². The maximum absolute atomic E-state index is 12.0. The van der Waals surface area contributed by atoms with Crippen molar-refractivity contribution in [2.75, 3.05) is 26.0 Å². The van der Waals surface area contributed by atoms with Gasteiger partial charge in [-0.15, -0.1) is 0 Å². The first-order valence-corrected chi connectivity index (χ1v) is 7.77. The van der Waals surface area contributed by atoms with Crippen molar-refractivity contribution in [2.24, 2.45) is 0 Å². The number of rotatable bonds is 5. The van der Waals surface area contributed by atoms with Crippen LogP contribution in [0.5, 0.6) is 0 Å². The summed E-state index contributed by atoms with van der Waals surface area (Å²) in [6.45, 7) is 0.260. The Labute approximate surface area is 145 Å². The molecular weight excluding hydrogens is 328 g/mol. The van der Waals surface area contributed by atoms with Gasteiger partial charge in [0.15, 0.2) is 0 Å². The summed E-state index contributed by atoms with van der Waals surface area (Å²) in [4.78, 5) is 29.7. The Balaban J connectivity index is 1.98. The van der Waals surface area contributed by atoms with Crippen LogP contribution >= 0.6 is 11.6 Å². The highest BCUT2D eigenvalue weighted by molar-refractivity contribution is 6.39. The first-order valence-electron chi connectivity index (χ1n) is 7.39. The first-order chi connectivity index (χ1) is 11.5. The van der Waals surface area contributed by atoms with E-state index in [4.69, 9.17) is 11.6 Å². The van der Waals surface area contributed by atoms with Gasteiger partial charge in [-0.25, -0.2) is 0 Å². The number of carbonyl (C=O) groups is 2. The Bertz CT molecular complexity index is 707. The minimum Gasteiger partial charge on any atom is -0.346 e. The molecule has 0 saturated carbocycles. The molecule has 2 rings (SSSR count). The largest absolute Gasteiger partial charge is 0.346 e. The average Bonchev–Trinajstić information content (AvgIpc) is 2.57. The molecule has 1 aromatic heterocycles. The van der Waals surface area contributed by atoms with E-state index in [1.165, 1.54) is 6.20 Å². The molecule has 1 atom stereocenters. The number of benzene rings is 1. The van der Waals surface area contributed by atoms with Crippen molar-refractivity contribution in [1.82, 2.24) is 15.2 Å². The minimum absolute atomic E-state index is 0.145. The molecule has 0 aliphatic rings. The molecule has 0 bridgehead atoms. The van der Waals surface area contributed by atoms with E-state index in [1.807, 2.05) is 37.2 Å². The van der Waals surface area contributed by atoms with Gasteiger partial charge in [0.05, 0.1) is 17.9 Å². The summed E-state index contributed by atoms with van der Waals surface area (Å²) in [5, 5.41) is 5.75. The molecule has 1 aromatic carbocycles. The third-order valence-corrected chi connectivity index (χ3v) is 3.81. The fourth-order valence-corrected chi connectivity index (χ4v) is 2.47. The topological polar surface area (TPSA) is 74.3 Å². The van der Waals surface area contributed by atoms with Crippen LogP contribution in [0.1, 0.15) is 11.6 Å². The van der Waals surface area contributed by atoms with Crippen LogP contribution in [0.25, 0.3) is 0 Å². The molecule has 2 amide bonds. The lowest BCUT2D eigenvalue weighted by Gasteiger charge is -2.25. The van der Waals surface area contributed by atoms with Crippen LogP contribution in [0.3, 0.4) is 0 Å². The summed E-state index contributed by atoms with van der Waals surface area (Å²) in [5.74, 6) is -1.45. The van der Waals surface area contributed by atoms with E-state index in [2.05, 4.69) is 15.6 Å². The molecule has 0 fully saturated rings. The van der Waals surface area contributed by atoms with E-state index in [9.17, 15) is 9.59 Å². The van der Waals surface area contributed by atoms with Crippen molar-refractivity contribution >= 4 is 29.1 Å². The SMILES string of the molecule is CN(C)[C@H](CNC(=O)C(=O)Nc1cccnc1)c1ccccc1Cl. The number of likely N-dealkylation sites (N-methyl/N-ethyl adjacent to an activating group) is 1. The van der Waals surface area contributed by atoms with Crippen LogP contribution < -0.4 is 10.6 Å². The van der Waals surface area contributed by atoms with Gasteiger partial charge in [0, 0.05) is 17.8 Å². The van der Waals surface area contributed by atoms with Crippen molar-refractivity contribution in [3.05, 3.63) is 59.4 Å². The van der Waals surface area contributed by atoms with Crippen LogP contribution in [0.2, 0.25) is 5.02 Å². The highest BCUT2D eigenvalue weighted by Crippen LogP contribution is 2.25. The average molecular weight is 347 g/mol. The molecule has 0 radical (unpaired) electrons. The second-order valence-corrected chi connectivity index (χ2v) is 5.81. The smallest absolute Gasteiger partial charge is 0.313 e. The first kappa shape index (κ1) is 17.9. The van der Waals surface area contributed by atoms with Crippen LogP contribution in [-0.4, -0.2) is 42.3 Å². The van der Waals surface area contributed by atoms with Gasteiger partial charge in [0.1, 0.15) is 0 Å². The Morgan fingerprint density at radius 1 is 1.17 bits per heavy atom. The third kappa shape index (κ3) is 4.78. The van der Waals surface area contributed by atoms with Gasteiger partial charge >= 0.3 is 11.8 Å². The van der Waals surface area contributed by atoms with Gasteiger partial charge in [-0.1, -0.05) is 29.8 Å². The maximum atomic E-state index is 12.0. The van der Waals surface area contributed by atoms with E-state index in [0.717, 1.165) is 5.56 Å². The number of carbonyl (C=O) groups excluding carboxylic acids is 2. The molecule has 0 saturated heterocycles. The summed E-state index contributed by atoms with van der Waals surface area (Å²) in [6, 6.07) is 10.6. The van der Waals surface area contributed by atoms with Crippen molar-refractivity contribution in [2.45, 2.75) is 6.04 Å². The predicted molar refractivity (Wildman–Crippen MR) is 93.8 cm³/mol. The third-order valence-electron chi connectivity index (χ3n) is 3.47. The second kappa shape index (κ2) is 8.42. The maximum Gasteiger partial charge on any atom is 0.313 e. The fourth-order valence-electron chi connectivity index (χ4n) is 2.21. The van der Waals surface area contributed by atoms with Gasteiger partial charge in [-0.3, -0.25) is 14.6 Å². The van der Waals surface area contributed by atoms with E-state index < -0.39 is 11.8 Å². The van der Waals surface area contributed by atoms with E-state index in [-0.39, 0.29) is 12.6 Å². The molecule has 0 spiro atoms. The molecule has 24 heavy (non-hydrogen) atoms. The molecule has 2 aromatic rings. The number of halogens is 1. The Kier molecular flexibility index (Phi) is 6.28. The van der Waals surface area contributed by atoms with Crippen molar-refractivity contribution < 1.29 is 9.59 Å². The minimum atomic E-state index is -0.736. The van der Waals surface area contributed by atoms with Crippen LogP contribution in [0.4, 0.5) is 5.69 Å². The lowest BCUT2D eigenvalue weighted by Crippen LogP contribution is -2.40. The van der Waals surface area contributed by atoms with Crippen molar-refractivity contribution in [1.29, 1.82) is 0 Å². The van der Waals surface area contributed by atoms with Crippen LogP contribution in [0, 0.1) is 0 Å². The number of hydrogen-bond donors (Lipinski definition) is 2. The molecule has 0 aliphatic heterocycles. The molecule has 0 unspecified atom stereocenters. The molecule has 6 nitrogen and oxygen atoms in total. The summed E-state index contributed by atoms with van der Waals surface area (Å²) < 4.78 is 0. The number of nitrogens with one attached hydrogen (secondary N) is 2. The standard InChI is InChI=1S/C17H19ClN4O2/c1-22(2)15(13-7-3-4-8-14(13)18)11-20-16(23)17(24)21-12-6-5-9-19-10-12/h3-10,15H,11H2,1-2H3,(H,20,23)(H,21,24)/t15-/m1/s1. The number of pyridine rings is 1. The highest BCUT2D eigenvalue weighted by atomic mass is 35.5. The van der Waals surface area contributed by atoms with Gasteiger partial charge < -0.3 is 15.5 Å². The Morgan fingerprint density at radius 3 is 2.54 bits per heavy atom. The fraction of sp³-hybridized carbons (Fsp3) is 0.235. The molecule has 2 N–H and O–H groups in total. The predicted octanol–water partition coefficient (Wildman–Crippen LogP) is 2.09. The zero-order valence-corrected chi connectivity index (χ0v) is 14.2. The molecule has 1 heterocycles. The van der Waals surface area contributed by atoms with Crippen molar-refractivity contribution in [3.63, 3.8) is 0 Å². The molecule has 7 heteroatoms. The normalized spacial score (nSPS) is 11.8. The van der Waals surface area contributed by atoms with Crippen molar-refractivity contribution in [3.8, 4) is 0 Å².